The van der Waals surface area contributed by atoms with Crippen molar-refractivity contribution in [1.82, 2.24) is 19.7 Å². The number of sulfonamides is 1. The fraction of sp³-hybridized carbons (Fsp3) is 0.333. The molecule has 0 saturated carbocycles. The summed E-state index contributed by atoms with van der Waals surface area (Å²) in [5.74, 6) is 0.0321. The molecule has 28 heavy (non-hydrogen) atoms. The molecule has 0 atom stereocenters. The number of amides is 2. The summed E-state index contributed by atoms with van der Waals surface area (Å²) in [4.78, 5) is 23.7. The van der Waals surface area contributed by atoms with Gasteiger partial charge in [0.1, 0.15) is 6.10 Å². The van der Waals surface area contributed by atoms with Crippen LogP contribution in [0.25, 0.3) is 0 Å². The Hall–Kier alpha value is -3.19. The van der Waals surface area contributed by atoms with Crippen LogP contribution in [0, 0.1) is 0 Å². The minimum Gasteiger partial charge on any atom is -0.482 e. The van der Waals surface area contributed by atoms with E-state index in [1.807, 2.05) is 4.72 Å². The number of methoxy groups -OCH3 is 2. The van der Waals surface area contributed by atoms with E-state index >= 15 is 0 Å². The molecule has 1 saturated heterocycles. The van der Waals surface area contributed by atoms with Gasteiger partial charge in [0.05, 0.1) is 33.5 Å². The number of carbonyl (C=O) groups is 1. The van der Waals surface area contributed by atoms with Gasteiger partial charge >= 0.3 is 6.03 Å². The van der Waals surface area contributed by atoms with E-state index < -0.39 is 21.1 Å². The van der Waals surface area contributed by atoms with Crippen LogP contribution in [0.5, 0.6) is 17.5 Å². The number of anilines is 1. The van der Waals surface area contributed by atoms with Crippen LogP contribution in [0.15, 0.2) is 29.4 Å². The third-order valence-corrected chi connectivity index (χ3v) is 4.71. The highest BCUT2D eigenvalue weighted by molar-refractivity contribution is 7.90. The molecule has 1 aliphatic rings. The van der Waals surface area contributed by atoms with E-state index in [1.165, 1.54) is 38.6 Å². The van der Waals surface area contributed by atoms with Gasteiger partial charge in [-0.2, -0.15) is 18.4 Å². The van der Waals surface area contributed by atoms with Gasteiger partial charge in [-0.15, -0.1) is 0 Å². The number of ether oxygens (including phenoxy) is 4. The molecule has 1 fully saturated rings. The Labute approximate surface area is 160 Å². The summed E-state index contributed by atoms with van der Waals surface area (Å²) in [5, 5.41) is 1.77. The van der Waals surface area contributed by atoms with E-state index in [-0.39, 0.29) is 29.6 Å². The van der Waals surface area contributed by atoms with Crippen molar-refractivity contribution in [1.29, 1.82) is 0 Å². The number of carbonyl (C=O) groups excluding carboxylic acids is 1. The first-order valence-corrected chi connectivity index (χ1v) is 9.40. The van der Waals surface area contributed by atoms with Crippen LogP contribution in [0.4, 0.5) is 10.7 Å². The average molecular weight is 411 g/mol. The molecule has 0 radical (unpaired) electrons. The first-order valence-electron chi connectivity index (χ1n) is 7.91. The summed E-state index contributed by atoms with van der Waals surface area (Å²) >= 11 is 0. The SMILES string of the molecule is COc1cc(OC)nc(NC(=O)NS(=O)(=O)c2ncccc2OC2COC2)n1. The van der Waals surface area contributed by atoms with Crippen molar-refractivity contribution in [2.24, 2.45) is 0 Å². The summed E-state index contributed by atoms with van der Waals surface area (Å²) in [6.07, 6.45) is 0.997. The molecule has 0 aromatic carbocycles. The molecule has 0 aliphatic carbocycles. The van der Waals surface area contributed by atoms with Crippen molar-refractivity contribution in [2.45, 2.75) is 11.1 Å². The van der Waals surface area contributed by atoms with E-state index in [0.29, 0.717) is 13.2 Å². The summed E-state index contributed by atoms with van der Waals surface area (Å²) < 4.78 is 47.4. The summed E-state index contributed by atoms with van der Waals surface area (Å²) in [6, 6.07) is 3.25. The fourth-order valence-electron chi connectivity index (χ4n) is 2.10. The molecule has 2 N–H and O–H groups in total. The number of hydrogen-bond acceptors (Lipinski definition) is 10. The molecule has 2 amide bonds. The molecule has 1 aliphatic heterocycles. The number of nitrogens with zero attached hydrogens (tertiary/aromatic N) is 3. The molecule has 13 heteroatoms. The van der Waals surface area contributed by atoms with Gasteiger partial charge in [0, 0.05) is 6.20 Å². The van der Waals surface area contributed by atoms with Crippen LogP contribution in [0.3, 0.4) is 0 Å². The Morgan fingerprint density at radius 3 is 2.46 bits per heavy atom. The van der Waals surface area contributed by atoms with Gasteiger partial charge in [-0.3, -0.25) is 5.32 Å². The van der Waals surface area contributed by atoms with Crippen molar-refractivity contribution in [3.63, 3.8) is 0 Å². The second-order valence-electron chi connectivity index (χ2n) is 5.42. The third kappa shape index (κ3) is 4.55. The Bertz CT molecular complexity index is 943. The normalized spacial score (nSPS) is 13.9. The largest absolute Gasteiger partial charge is 0.482 e. The molecule has 12 nitrogen and oxygen atoms in total. The van der Waals surface area contributed by atoms with E-state index in [4.69, 9.17) is 18.9 Å². The lowest BCUT2D eigenvalue weighted by atomic mass is 10.3. The Kier molecular flexibility index (Phi) is 5.75. The smallest absolute Gasteiger partial charge is 0.335 e. The van der Waals surface area contributed by atoms with Crippen LogP contribution in [0.1, 0.15) is 0 Å². The topological polar surface area (TPSA) is 151 Å². The molecule has 2 aromatic rings. The van der Waals surface area contributed by atoms with Crippen LogP contribution >= 0.6 is 0 Å². The van der Waals surface area contributed by atoms with Crippen molar-refractivity contribution in [3.8, 4) is 17.5 Å². The minimum absolute atomic E-state index is 0.00963. The Morgan fingerprint density at radius 2 is 1.89 bits per heavy atom. The maximum atomic E-state index is 12.6. The highest BCUT2D eigenvalue weighted by atomic mass is 32.2. The zero-order valence-corrected chi connectivity index (χ0v) is 15.7. The van der Waals surface area contributed by atoms with Crippen LogP contribution < -0.4 is 24.2 Å². The predicted octanol–water partition coefficient (Wildman–Crippen LogP) is 0.177. The molecular weight excluding hydrogens is 394 g/mol. The molecule has 0 unspecified atom stereocenters. The standard InChI is InChI=1S/C15H17N5O7S/c1-24-11-6-12(25-2)18-14(17-11)19-15(21)20-28(22,23)13-10(4-3-5-16-13)27-9-7-26-8-9/h3-6,9H,7-8H2,1-2H3,(H2,17,18,19,20,21). The van der Waals surface area contributed by atoms with Gasteiger partial charge in [-0.05, 0) is 12.1 Å². The molecule has 0 bridgehead atoms. The maximum Gasteiger partial charge on any atom is 0.335 e. The lowest BCUT2D eigenvalue weighted by Crippen LogP contribution is -2.40. The van der Waals surface area contributed by atoms with Crippen LogP contribution in [-0.2, 0) is 14.8 Å². The monoisotopic (exact) mass is 411 g/mol. The van der Waals surface area contributed by atoms with Gasteiger partial charge in [-0.25, -0.2) is 14.5 Å². The van der Waals surface area contributed by atoms with Gasteiger partial charge < -0.3 is 18.9 Å². The second-order valence-corrected chi connectivity index (χ2v) is 7.02. The van der Waals surface area contributed by atoms with E-state index in [9.17, 15) is 13.2 Å². The number of aromatic nitrogens is 3. The summed E-state index contributed by atoms with van der Waals surface area (Å²) in [7, 11) is -1.59. The lowest BCUT2D eigenvalue weighted by Gasteiger charge is -2.27. The van der Waals surface area contributed by atoms with Crippen molar-refractivity contribution >= 4 is 22.0 Å². The molecule has 3 rings (SSSR count). The van der Waals surface area contributed by atoms with Gasteiger partial charge in [-0.1, -0.05) is 0 Å². The molecule has 2 aromatic heterocycles. The second kappa shape index (κ2) is 8.22. The van der Waals surface area contributed by atoms with Gasteiger partial charge in [0.2, 0.25) is 22.7 Å². The quantitative estimate of drug-likeness (QED) is 0.645. The molecule has 3 heterocycles. The minimum atomic E-state index is -4.33. The maximum absolute atomic E-state index is 12.6. The van der Waals surface area contributed by atoms with Crippen LogP contribution in [0.2, 0.25) is 0 Å². The molecular formula is C15H17N5O7S. The fourth-order valence-corrected chi connectivity index (χ4v) is 3.07. The van der Waals surface area contributed by atoms with E-state index in [1.54, 1.807) is 0 Å². The predicted molar refractivity (Wildman–Crippen MR) is 93.9 cm³/mol. The summed E-state index contributed by atoms with van der Waals surface area (Å²) in [5.41, 5.74) is 0. The number of hydrogen-bond donors (Lipinski definition) is 2. The average Bonchev–Trinajstić information content (AvgIpc) is 2.64. The highest BCUT2D eigenvalue weighted by Crippen LogP contribution is 2.23. The van der Waals surface area contributed by atoms with Gasteiger partial charge in [0.25, 0.3) is 10.0 Å². The Morgan fingerprint density at radius 1 is 1.21 bits per heavy atom. The van der Waals surface area contributed by atoms with Crippen molar-refractivity contribution < 1.29 is 32.2 Å². The first kappa shape index (κ1) is 19.6. The van der Waals surface area contributed by atoms with E-state index in [0.717, 1.165) is 0 Å². The van der Waals surface area contributed by atoms with Crippen LogP contribution in [-0.4, -0.2) is 62.9 Å². The van der Waals surface area contributed by atoms with Crippen molar-refractivity contribution in [2.75, 3.05) is 32.8 Å². The Balaban J connectivity index is 1.75. The zero-order chi connectivity index (χ0) is 20.1. The lowest BCUT2D eigenvalue weighted by molar-refractivity contribution is -0.0809. The van der Waals surface area contributed by atoms with Crippen molar-refractivity contribution in [3.05, 3.63) is 24.4 Å². The molecule has 0 spiro atoms. The number of pyridine rings is 1. The first-order chi connectivity index (χ1) is 13.4. The third-order valence-electron chi connectivity index (χ3n) is 3.44. The zero-order valence-electron chi connectivity index (χ0n) is 14.9. The number of rotatable bonds is 7. The highest BCUT2D eigenvalue weighted by Gasteiger charge is 2.28. The number of urea groups is 1. The number of nitrogens with one attached hydrogen (secondary N) is 2. The molecule has 150 valence electrons. The van der Waals surface area contributed by atoms with Gasteiger partial charge in [0.15, 0.2) is 5.75 Å². The summed E-state index contributed by atoms with van der Waals surface area (Å²) in [6.45, 7) is 0.689. The van der Waals surface area contributed by atoms with E-state index in [2.05, 4.69) is 20.3 Å².